The maximum Gasteiger partial charge on any atom is 0.300 e. The average Bonchev–Trinajstić information content (AvgIpc) is 2.46. The van der Waals surface area contributed by atoms with Crippen molar-refractivity contribution in [2.45, 2.75) is 6.17 Å². The van der Waals surface area contributed by atoms with Crippen LogP contribution < -0.4 is 10.2 Å². The van der Waals surface area contributed by atoms with E-state index in [-0.39, 0.29) is 4.92 Å². The molecule has 1 N–H and O–H groups in total. The van der Waals surface area contributed by atoms with Crippen LogP contribution in [0.1, 0.15) is 0 Å². The zero-order valence-corrected chi connectivity index (χ0v) is 10.3. The van der Waals surface area contributed by atoms with Gasteiger partial charge < -0.3 is 5.32 Å². The van der Waals surface area contributed by atoms with Crippen LogP contribution in [-0.4, -0.2) is 35.7 Å². The van der Waals surface area contributed by atoms with E-state index in [9.17, 15) is 10.1 Å². The first-order valence-electron chi connectivity index (χ1n) is 6.22. The molecule has 98 valence electrons. The van der Waals surface area contributed by atoms with Crippen molar-refractivity contribution in [1.82, 2.24) is 10.3 Å². The van der Waals surface area contributed by atoms with Crippen LogP contribution in [0, 0.1) is 10.1 Å². The highest BCUT2D eigenvalue weighted by Gasteiger charge is 2.32. The molecule has 2 aromatic rings. The van der Waals surface area contributed by atoms with Crippen molar-refractivity contribution in [3.05, 3.63) is 46.5 Å². The SMILES string of the molecule is O=[N+]([O-])C1CNCCN1c1ccc2ccccc2n1. The van der Waals surface area contributed by atoms with Gasteiger partial charge in [0.15, 0.2) is 0 Å². The highest BCUT2D eigenvalue weighted by Crippen LogP contribution is 2.20. The van der Waals surface area contributed by atoms with E-state index in [1.807, 2.05) is 36.4 Å². The number of nitrogens with zero attached hydrogens (tertiary/aromatic N) is 3. The second-order valence-electron chi connectivity index (χ2n) is 4.53. The van der Waals surface area contributed by atoms with Crippen LogP contribution in [-0.2, 0) is 0 Å². The van der Waals surface area contributed by atoms with Gasteiger partial charge in [0.2, 0.25) is 0 Å². The van der Waals surface area contributed by atoms with E-state index in [1.165, 1.54) is 0 Å². The number of anilines is 1. The number of rotatable bonds is 2. The Morgan fingerprint density at radius 1 is 1.32 bits per heavy atom. The predicted molar refractivity (Wildman–Crippen MR) is 72.7 cm³/mol. The number of para-hydroxylation sites is 1. The number of piperazine rings is 1. The number of pyridine rings is 1. The van der Waals surface area contributed by atoms with Crippen LogP contribution in [0.4, 0.5) is 5.82 Å². The first-order chi connectivity index (χ1) is 9.25. The van der Waals surface area contributed by atoms with Crippen molar-refractivity contribution in [3.8, 4) is 0 Å². The van der Waals surface area contributed by atoms with Gasteiger partial charge in [-0.2, -0.15) is 0 Å². The summed E-state index contributed by atoms with van der Waals surface area (Å²) in [5, 5.41) is 15.2. The summed E-state index contributed by atoms with van der Waals surface area (Å²) < 4.78 is 0. The number of benzene rings is 1. The molecule has 6 nitrogen and oxygen atoms in total. The van der Waals surface area contributed by atoms with E-state index >= 15 is 0 Å². The van der Waals surface area contributed by atoms with Crippen LogP contribution in [0.5, 0.6) is 0 Å². The minimum Gasteiger partial charge on any atom is -0.307 e. The van der Waals surface area contributed by atoms with E-state index < -0.39 is 6.17 Å². The Bertz CT molecular complexity index is 616. The van der Waals surface area contributed by atoms with Gasteiger partial charge in [0.25, 0.3) is 0 Å². The molecule has 1 aliphatic heterocycles. The van der Waals surface area contributed by atoms with E-state index in [2.05, 4.69) is 10.3 Å². The van der Waals surface area contributed by atoms with Crippen molar-refractivity contribution in [2.24, 2.45) is 0 Å². The second kappa shape index (κ2) is 4.81. The summed E-state index contributed by atoms with van der Waals surface area (Å²) in [6.07, 6.45) is -0.748. The molecule has 6 heteroatoms. The Morgan fingerprint density at radius 3 is 3.00 bits per heavy atom. The minimum absolute atomic E-state index is 0.261. The maximum atomic E-state index is 11.1. The molecule has 1 unspecified atom stereocenters. The lowest BCUT2D eigenvalue weighted by atomic mass is 10.2. The molecule has 1 saturated heterocycles. The molecule has 0 aliphatic carbocycles. The lowest BCUT2D eigenvalue weighted by Crippen LogP contribution is -2.55. The predicted octanol–water partition coefficient (Wildman–Crippen LogP) is 1.25. The summed E-state index contributed by atoms with van der Waals surface area (Å²) in [6, 6.07) is 11.6. The molecule has 1 fully saturated rings. The Morgan fingerprint density at radius 2 is 2.16 bits per heavy atom. The number of hydrogen-bond acceptors (Lipinski definition) is 5. The molecule has 1 aromatic carbocycles. The fourth-order valence-corrected chi connectivity index (χ4v) is 2.36. The molecule has 2 heterocycles. The number of hydrogen-bond donors (Lipinski definition) is 1. The fraction of sp³-hybridized carbons (Fsp3) is 0.308. The zero-order valence-electron chi connectivity index (χ0n) is 10.3. The molecule has 1 aliphatic rings. The lowest BCUT2D eigenvalue weighted by Gasteiger charge is -2.31. The smallest absolute Gasteiger partial charge is 0.300 e. The molecule has 0 radical (unpaired) electrons. The van der Waals surface area contributed by atoms with E-state index in [0.29, 0.717) is 18.9 Å². The summed E-state index contributed by atoms with van der Waals surface area (Å²) in [5.41, 5.74) is 0.862. The molecule has 0 amide bonds. The Hall–Kier alpha value is -2.21. The van der Waals surface area contributed by atoms with Crippen LogP contribution in [0.25, 0.3) is 10.9 Å². The first kappa shape index (κ1) is 11.9. The van der Waals surface area contributed by atoms with Crippen LogP contribution >= 0.6 is 0 Å². The number of nitrogens with one attached hydrogen (secondary N) is 1. The van der Waals surface area contributed by atoms with Gasteiger partial charge in [-0.3, -0.25) is 15.0 Å². The van der Waals surface area contributed by atoms with Gasteiger partial charge >= 0.3 is 6.17 Å². The van der Waals surface area contributed by atoms with Crippen molar-refractivity contribution in [1.29, 1.82) is 0 Å². The Labute approximate surface area is 110 Å². The van der Waals surface area contributed by atoms with Gasteiger partial charge in [0, 0.05) is 23.4 Å². The third kappa shape index (κ3) is 2.22. The maximum absolute atomic E-state index is 11.1. The quantitative estimate of drug-likeness (QED) is 0.648. The minimum atomic E-state index is -0.748. The van der Waals surface area contributed by atoms with E-state index in [0.717, 1.165) is 17.4 Å². The van der Waals surface area contributed by atoms with Gasteiger partial charge in [0.05, 0.1) is 12.1 Å². The topological polar surface area (TPSA) is 71.3 Å². The van der Waals surface area contributed by atoms with Gasteiger partial charge in [-0.05, 0) is 18.2 Å². The molecule has 0 bridgehead atoms. The van der Waals surface area contributed by atoms with Crippen LogP contribution in [0.15, 0.2) is 36.4 Å². The summed E-state index contributed by atoms with van der Waals surface area (Å²) in [4.78, 5) is 17.1. The highest BCUT2D eigenvalue weighted by atomic mass is 16.6. The normalized spacial score (nSPS) is 19.6. The van der Waals surface area contributed by atoms with Crippen molar-refractivity contribution in [3.63, 3.8) is 0 Å². The van der Waals surface area contributed by atoms with Gasteiger partial charge in [-0.25, -0.2) is 4.98 Å². The van der Waals surface area contributed by atoms with Crippen LogP contribution in [0.2, 0.25) is 0 Å². The molecule has 0 saturated carbocycles. The average molecular weight is 258 g/mol. The summed E-state index contributed by atoms with van der Waals surface area (Å²) in [7, 11) is 0. The van der Waals surface area contributed by atoms with Gasteiger partial charge in [-0.15, -0.1) is 0 Å². The van der Waals surface area contributed by atoms with Crippen molar-refractivity contribution in [2.75, 3.05) is 24.5 Å². The second-order valence-corrected chi connectivity index (χ2v) is 4.53. The number of nitro groups is 1. The number of fused-ring (bicyclic) bond motifs is 1. The molecule has 19 heavy (non-hydrogen) atoms. The van der Waals surface area contributed by atoms with E-state index in [1.54, 1.807) is 4.90 Å². The molecular formula is C13H14N4O2. The molecule has 0 spiro atoms. The molecule has 1 aromatic heterocycles. The standard InChI is InChI=1S/C13H14N4O2/c18-17(19)13-9-14-7-8-16(13)12-6-5-10-3-1-2-4-11(10)15-12/h1-6,13-14H,7-9H2. The monoisotopic (exact) mass is 258 g/mol. The summed E-state index contributed by atoms with van der Waals surface area (Å²) >= 11 is 0. The molecule has 3 rings (SSSR count). The largest absolute Gasteiger partial charge is 0.307 e. The lowest BCUT2D eigenvalue weighted by molar-refractivity contribution is -0.520. The third-order valence-electron chi connectivity index (χ3n) is 3.34. The van der Waals surface area contributed by atoms with Crippen molar-refractivity contribution >= 4 is 16.7 Å². The third-order valence-corrected chi connectivity index (χ3v) is 3.34. The Balaban J connectivity index is 1.99. The summed E-state index contributed by atoms with van der Waals surface area (Å²) in [5.74, 6) is 0.668. The number of aromatic nitrogens is 1. The van der Waals surface area contributed by atoms with Gasteiger partial charge in [0.1, 0.15) is 5.82 Å². The van der Waals surface area contributed by atoms with Gasteiger partial charge in [-0.1, -0.05) is 18.2 Å². The van der Waals surface area contributed by atoms with E-state index in [4.69, 9.17) is 0 Å². The molecular weight excluding hydrogens is 244 g/mol. The highest BCUT2D eigenvalue weighted by molar-refractivity contribution is 5.80. The summed E-state index contributed by atoms with van der Waals surface area (Å²) in [6.45, 7) is 1.68. The van der Waals surface area contributed by atoms with Crippen molar-refractivity contribution < 1.29 is 4.92 Å². The molecule has 1 atom stereocenters. The fourth-order valence-electron chi connectivity index (χ4n) is 2.36. The Kier molecular flexibility index (Phi) is 3.00. The van der Waals surface area contributed by atoms with Crippen LogP contribution in [0.3, 0.4) is 0 Å². The zero-order chi connectivity index (χ0) is 13.2. The first-order valence-corrected chi connectivity index (χ1v) is 6.22.